The SMILES string of the molecule is CC(=O)O[C@@H]1CC[C@@]2(C)C(CC[C@@H](C)[C@]23Cc2c(O)cc4c(c2O3)CNC4=O)C1(C)C. The number of aromatic hydroxyl groups is 1. The molecule has 0 saturated heterocycles. The molecular formula is C25H33NO5. The minimum Gasteiger partial charge on any atom is -0.508 e. The number of rotatable bonds is 1. The van der Waals surface area contributed by atoms with E-state index in [9.17, 15) is 14.7 Å². The lowest BCUT2D eigenvalue weighted by Crippen LogP contribution is -2.67. The maximum absolute atomic E-state index is 12.2. The number of esters is 1. The number of nitrogens with one attached hydrogen (secondary N) is 1. The molecule has 2 aliphatic heterocycles. The molecule has 2 fully saturated rings. The Bertz CT molecular complexity index is 985. The molecule has 1 aromatic carbocycles. The van der Waals surface area contributed by atoms with E-state index in [1.807, 2.05) is 0 Å². The molecule has 168 valence electrons. The second kappa shape index (κ2) is 6.39. The molecule has 2 heterocycles. The first kappa shape index (κ1) is 20.7. The molecule has 1 amide bonds. The lowest BCUT2D eigenvalue weighted by molar-refractivity contribution is -0.218. The number of hydrogen-bond donors (Lipinski definition) is 2. The number of phenolic OH excluding ortho intramolecular Hbond substituents is 1. The summed E-state index contributed by atoms with van der Waals surface area (Å²) >= 11 is 0. The molecule has 1 unspecified atom stereocenters. The Morgan fingerprint density at radius 2 is 1.97 bits per heavy atom. The topological polar surface area (TPSA) is 84.9 Å². The van der Waals surface area contributed by atoms with E-state index in [4.69, 9.17) is 9.47 Å². The van der Waals surface area contributed by atoms with Crippen molar-refractivity contribution in [2.45, 2.75) is 85.0 Å². The van der Waals surface area contributed by atoms with Crippen molar-refractivity contribution in [1.29, 1.82) is 0 Å². The van der Waals surface area contributed by atoms with Gasteiger partial charge in [0, 0.05) is 41.8 Å². The molecule has 2 saturated carbocycles. The summed E-state index contributed by atoms with van der Waals surface area (Å²) in [5.41, 5.74) is 1.47. The van der Waals surface area contributed by atoms with Gasteiger partial charge in [0.15, 0.2) is 0 Å². The first-order valence-electron chi connectivity index (χ1n) is 11.5. The first-order valence-corrected chi connectivity index (χ1v) is 11.5. The number of carbonyl (C=O) groups is 2. The van der Waals surface area contributed by atoms with Crippen LogP contribution in [0.4, 0.5) is 0 Å². The Labute approximate surface area is 183 Å². The van der Waals surface area contributed by atoms with Crippen molar-refractivity contribution < 1.29 is 24.2 Å². The van der Waals surface area contributed by atoms with E-state index in [1.165, 1.54) is 6.92 Å². The number of fused-ring (bicyclic) bond motifs is 5. The second-order valence-corrected chi connectivity index (χ2v) is 11.0. The fraction of sp³-hybridized carbons (Fsp3) is 0.680. The van der Waals surface area contributed by atoms with Gasteiger partial charge in [0.25, 0.3) is 5.91 Å². The summed E-state index contributed by atoms with van der Waals surface area (Å²) in [6.45, 7) is 11.0. The van der Waals surface area contributed by atoms with Crippen LogP contribution in [0.15, 0.2) is 6.07 Å². The van der Waals surface area contributed by atoms with Crippen molar-refractivity contribution in [3.63, 3.8) is 0 Å². The van der Waals surface area contributed by atoms with Crippen LogP contribution < -0.4 is 10.1 Å². The Balaban J connectivity index is 1.59. The van der Waals surface area contributed by atoms with Gasteiger partial charge in [0.2, 0.25) is 0 Å². The van der Waals surface area contributed by atoms with Crippen molar-refractivity contribution in [2.24, 2.45) is 22.7 Å². The molecule has 5 atom stereocenters. The summed E-state index contributed by atoms with van der Waals surface area (Å²) in [6.07, 6.45) is 4.34. The number of ether oxygens (including phenoxy) is 2. The van der Waals surface area contributed by atoms with E-state index in [0.29, 0.717) is 36.1 Å². The average Bonchev–Trinajstić information content (AvgIpc) is 3.26. The van der Waals surface area contributed by atoms with Crippen molar-refractivity contribution >= 4 is 11.9 Å². The number of benzene rings is 1. The van der Waals surface area contributed by atoms with Crippen LogP contribution in [-0.4, -0.2) is 28.7 Å². The van der Waals surface area contributed by atoms with Crippen LogP contribution in [0.25, 0.3) is 0 Å². The standard InChI is InChI=1S/C25H33NO5/c1-13-6-7-19-23(3,4)20(30-14(2)27)8-9-24(19,5)25(13)11-16-18(28)10-15-17(21(16)31-25)12-26-22(15)29/h10,13,19-20,28H,6-9,11-12H2,1-5H3,(H,26,29)/t13-,19?,20-,24+,25-/m1/s1. The Morgan fingerprint density at radius 1 is 1.23 bits per heavy atom. The highest BCUT2D eigenvalue weighted by atomic mass is 16.5. The zero-order valence-electron chi connectivity index (χ0n) is 19.1. The lowest BCUT2D eigenvalue weighted by atomic mass is 9.43. The van der Waals surface area contributed by atoms with Crippen LogP contribution in [0.3, 0.4) is 0 Å². The summed E-state index contributed by atoms with van der Waals surface area (Å²) < 4.78 is 12.7. The van der Waals surface area contributed by atoms with Gasteiger partial charge in [0.1, 0.15) is 23.2 Å². The Hall–Kier alpha value is -2.24. The van der Waals surface area contributed by atoms with E-state index in [1.54, 1.807) is 6.07 Å². The van der Waals surface area contributed by atoms with E-state index >= 15 is 0 Å². The van der Waals surface area contributed by atoms with Crippen molar-refractivity contribution in [3.8, 4) is 11.5 Å². The predicted molar refractivity (Wildman–Crippen MR) is 115 cm³/mol. The molecule has 1 spiro atoms. The number of carbonyl (C=O) groups excluding carboxylic acids is 2. The fourth-order valence-electron chi connectivity index (χ4n) is 7.59. The Morgan fingerprint density at radius 3 is 2.68 bits per heavy atom. The third-order valence-electron chi connectivity index (χ3n) is 9.24. The van der Waals surface area contributed by atoms with E-state index < -0.39 is 5.60 Å². The quantitative estimate of drug-likeness (QED) is 0.659. The summed E-state index contributed by atoms with van der Waals surface area (Å²) in [5, 5.41) is 13.7. The predicted octanol–water partition coefficient (Wildman–Crippen LogP) is 4.11. The van der Waals surface area contributed by atoms with E-state index in [0.717, 1.165) is 36.8 Å². The number of amides is 1. The molecule has 6 nitrogen and oxygen atoms in total. The summed E-state index contributed by atoms with van der Waals surface area (Å²) in [6, 6.07) is 1.60. The van der Waals surface area contributed by atoms with Gasteiger partial charge in [-0.3, -0.25) is 9.59 Å². The molecule has 0 radical (unpaired) electrons. The smallest absolute Gasteiger partial charge is 0.302 e. The summed E-state index contributed by atoms with van der Waals surface area (Å²) in [5.74, 6) is 1.13. The molecular weight excluding hydrogens is 394 g/mol. The molecule has 2 N–H and O–H groups in total. The highest BCUT2D eigenvalue weighted by Crippen LogP contribution is 2.67. The molecule has 0 aromatic heterocycles. The van der Waals surface area contributed by atoms with Crippen molar-refractivity contribution in [1.82, 2.24) is 5.32 Å². The number of phenols is 1. The van der Waals surface area contributed by atoms with E-state index in [2.05, 4.69) is 33.0 Å². The minimum absolute atomic E-state index is 0.100. The van der Waals surface area contributed by atoms with Gasteiger partial charge in [-0.1, -0.05) is 27.7 Å². The molecule has 4 aliphatic rings. The summed E-state index contributed by atoms with van der Waals surface area (Å²) in [7, 11) is 0. The van der Waals surface area contributed by atoms with Crippen LogP contribution in [0.2, 0.25) is 0 Å². The highest BCUT2D eigenvalue weighted by molar-refractivity contribution is 6.00. The average molecular weight is 428 g/mol. The lowest BCUT2D eigenvalue weighted by Gasteiger charge is -2.64. The van der Waals surface area contributed by atoms with E-state index in [-0.39, 0.29) is 34.6 Å². The first-order chi connectivity index (χ1) is 14.5. The van der Waals surface area contributed by atoms with Crippen LogP contribution in [0.5, 0.6) is 11.5 Å². The molecule has 5 rings (SSSR count). The summed E-state index contributed by atoms with van der Waals surface area (Å²) in [4.78, 5) is 24.0. The van der Waals surface area contributed by atoms with Crippen LogP contribution in [0, 0.1) is 22.7 Å². The zero-order chi connectivity index (χ0) is 22.3. The maximum atomic E-state index is 12.2. The number of hydrogen-bond acceptors (Lipinski definition) is 5. The van der Waals surface area contributed by atoms with Gasteiger partial charge in [-0.05, 0) is 43.6 Å². The minimum atomic E-state index is -0.449. The molecule has 31 heavy (non-hydrogen) atoms. The van der Waals surface area contributed by atoms with Crippen molar-refractivity contribution in [3.05, 3.63) is 22.8 Å². The van der Waals surface area contributed by atoms with Crippen LogP contribution in [0.1, 0.15) is 81.8 Å². The third-order valence-corrected chi connectivity index (χ3v) is 9.24. The van der Waals surface area contributed by atoms with Crippen molar-refractivity contribution in [2.75, 3.05) is 0 Å². The highest BCUT2D eigenvalue weighted by Gasteiger charge is 2.67. The van der Waals surface area contributed by atoms with Gasteiger partial charge >= 0.3 is 5.97 Å². The van der Waals surface area contributed by atoms with Crippen LogP contribution in [-0.2, 0) is 22.5 Å². The van der Waals surface area contributed by atoms with Gasteiger partial charge in [0.05, 0.1) is 5.56 Å². The zero-order valence-corrected chi connectivity index (χ0v) is 19.1. The molecule has 6 heteroatoms. The monoisotopic (exact) mass is 427 g/mol. The molecule has 0 bridgehead atoms. The van der Waals surface area contributed by atoms with Gasteiger partial charge in [-0.2, -0.15) is 0 Å². The molecule has 2 aliphatic carbocycles. The van der Waals surface area contributed by atoms with Crippen LogP contribution >= 0.6 is 0 Å². The fourth-order valence-corrected chi connectivity index (χ4v) is 7.59. The van der Waals surface area contributed by atoms with Gasteiger partial charge in [-0.25, -0.2) is 0 Å². The Kier molecular flexibility index (Phi) is 4.26. The largest absolute Gasteiger partial charge is 0.508 e. The second-order valence-electron chi connectivity index (χ2n) is 11.0. The van der Waals surface area contributed by atoms with Gasteiger partial charge in [-0.15, -0.1) is 0 Å². The van der Waals surface area contributed by atoms with Gasteiger partial charge < -0.3 is 19.9 Å². The normalized spacial score (nSPS) is 37.5. The third kappa shape index (κ3) is 2.56. The molecule has 1 aromatic rings. The maximum Gasteiger partial charge on any atom is 0.302 e.